The molecule has 0 aromatic heterocycles. The highest BCUT2D eigenvalue weighted by Crippen LogP contribution is 1.98. The maximum atomic E-state index is 5.31. The number of rotatable bonds is 8. The van der Waals surface area contributed by atoms with Gasteiger partial charge in [0.25, 0.3) is 0 Å². The lowest BCUT2D eigenvalue weighted by Gasteiger charge is -2.26. The molecule has 0 saturated carbocycles. The molecule has 1 fully saturated rings. The van der Waals surface area contributed by atoms with Crippen LogP contribution in [-0.2, 0) is 14.2 Å². The smallest absolute Gasteiger partial charge is 0.0700 e. The summed E-state index contributed by atoms with van der Waals surface area (Å²) in [6, 6.07) is 0.582. The number of nitrogens with one attached hydrogen (secondary N) is 1. The van der Waals surface area contributed by atoms with E-state index < -0.39 is 0 Å². The highest BCUT2D eigenvalue weighted by molar-refractivity contribution is 4.72. The Hall–Kier alpha value is -0.160. The summed E-state index contributed by atoms with van der Waals surface area (Å²) in [5, 5.41) is 3.37. The molecule has 0 unspecified atom stereocenters. The molecule has 4 nitrogen and oxygen atoms in total. The van der Waals surface area contributed by atoms with Gasteiger partial charge in [0.1, 0.15) is 0 Å². The average Bonchev–Trinajstić information content (AvgIpc) is 2.07. The molecule has 0 spiro atoms. The molecule has 1 aliphatic heterocycles. The van der Waals surface area contributed by atoms with Crippen molar-refractivity contribution < 1.29 is 14.2 Å². The summed E-state index contributed by atoms with van der Waals surface area (Å²) in [6.45, 7) is 4.94. The van der Waals surface area contributed by atoms with Crippen LogP contribution in [0.25, 0.3) is 0 Å². The summed E-state index contributed by atoms with van der Waals surface area (Å²) in [5.74, 6) is 0. The molecule has 0 radical (unpaired) electrons. The predicted molar refractivity (Wildman–Crippen MR) is 49.9 cm³/mol. The first-order valence-electron chi connectivity index (χ1n) is 4.81. The third kappa shape index (κ3) is 5.21. The normalized spacial score (nSPS) is 17.3. The second kappa shape index (κ2) is 7.26. The van der Waals surface area contributed by atoms with Crippen LogP contribution in [0.3, 0.4) is 0 Å². The lowest BCUT2D eigenvalue weighted by molar-refractivity contribution is -0.00614. The van der Waals surface area contributed by atoms with E-state index in [1.54, 1.807) is 7.11 Å². The molecule has 1 rings (SSSR count). The minimum atomic E-state index is 0.582. The van der Waals surface area contributed by atoms with E-state index in [1.165, 1.54) is 0 Å². The molecule has 1 N–H and O–H groups in total. The largest absolute Gasteiger partial charge is 0.382 e. The second-order valence-corrected chi connectivity index (χ2v) is 3.15. The fraction of sp³-hybridized carbons (Fsp3) is 1.00. The Morgan fingerprint density at radius 3 is 2.77 bits per heavy atom. The van der Waals surface area contributed by atoms with Gasteiger partial charge >= 0.3 is 0 Å². The standard InChI is InChI=1S/C9H19NO3/c1-11-5-6-12-4-2-3-10-9-7-13-8-9/h9-10H,2-8H2,1H3. The average molecular weight is 189 g/mol. The Morgan fingerprint density at radius 1 is 1.31 bits per heavy atom. The van der Waals surface area contributed by atoms with Gasteiger partial charge in [-0.3, -0.25) is 0 Å². The molecule has 0 atom stereocenters. The first-order chi connectivity index (χ1) is 6.43. The van der Waals surface area contributed by atoms with Gasteiger partial charge in [-0.15, -0.1) is 0 Å². The summed E-state index contributed by atoms with van der Waals surface area (Å²) in [5.41, 5.74) is 0. The van der Waals surface area contributed by atoms with E-state index in [0.29, 0.717) is 19.3 Å². The Bertz CT molecular complexity index is 117. The minimum Gasteiger partial charge on any atom is -0.382 e. The fourth-order valence-corrected chi connectivity index (χ4v) is 1.08. The molecule has 0 bridgehead atoms. The van der Waals surface area contributed by atoms with Crippen LogP contribution in [0.2, 0.25) is 0 Å². The summed E-state index contributed by atoms with van der Waals surface area (Å²) < 4.78 is 15.2. The van der Waals surface area contributed by atoms with Gasteiger partial charge in [-0.25, -0.2) is 0 Å². The van der Waals surface area contributed by atoms with Crippen LogP contribution in [0, 0.1) is 0 Å². The van der Waals surface area contributed by atoms with Gasteiger partial charge in [-0.05, 0) is 13.0 Å². The molecule has 1 aliphatic rings. The van der Waals surface area contributed by atoms with E-state index in [1.807, 2.05) is 0 Å². The Labute approximate surface area is 79.5 Å². The van der Waals surface area contributed by atoms with Crippen molar-refractivity contribution >= 4 is 0 Å². The SMILES string of the molecule is COCCOCCCNC1COC1. The quantitative estimate of drug-likeness (QED) is 0.547. The van der Waals surface area contributed by atoms with Crippen molar-refractivity contribution in [3.05, 3.63) is 0 Å². The van der Waals surface area contributed by atoms with Crippen molar-refractivity contribution in [2.24, 2.45) is 0 Å². The number of hydrogen-bond acceptors (Lipinski definition) is 4. The van der Waals surface area contributed by atoms with Gasteiger partial charge in [0.15, 0.2) is 0 Å². The van der Waals surface area contributed by atoms with Gasteiger partial charge in [-0.2, -0.15) is 0 Å². The van der Waals surface area contributed by atoms with Crippen LogP contribution in [0.15, 0.2) is 0 Å². The molecule has 78 valence electrons. The maximum absolute atomic E-state index is 5.31. The highest BCUT2D eigenvalue weighted by atomic mass is 16.5. The predicted octanol–water partition coefficient (Wildman–Crippen LogP) is 0.0279. The van der Waals surface area contributed by atoms with Gasteiger partial charge in [-0.1, -0.05) is 0 Å². The first-order valence-corrected chi connectivity index (χ1v) is 4.81. The summed E-state index contributed by atoms with van der Waals surface area (Å²) in [7, 11) is 1.68. The van der Waals surface area contributed by atoms with Crippen LogP contribution in [-0.4, -0.2) is 52.7 Å². The van der Waals surface area contributed by atoms with Crippen molar-refractivity contribution in [2.75, 3.05) is 46.7 Å². The maximum Gasteiger partial charge on any atom is 0.0700 e. The molecule has 0 amide bonds. The van der Waals surface area contributed by atoms with E-state index in [2.05, 4.69) is 5.32 Å². The zero-order chi connectivity index (χ0) is 9.36. The fourth-order valence-electron chi connectivity index (χ4n) is 1.08. The Balaban J connectivity index is 1.68. The highest BCUT2D eigenvalue weighted by Gasteiger charge is 2.16. The topological polar surface area (TPSA) is 39.7 Å². The van der Waals surface area contributed by atoms with E-state index in [4.69, 9.17) is 14.2 Å². The van der Waals surface area contributed by atoms with Crippen molar-refractivity contribution in [2.45, 2.75) is 12.5 Å². The van der Waals surface area contributed by atoms with Crippen molar-refractivity contribution in [3.8, 4) is 0 Å². The van der Waals surface area contributed by atoms with E-state index in [0.717, 1.165) is 32.8 Å². The molecule has 0 aromatic rings. The molecule has 1 saturated heterocycles. The minimum absolute atomic E-state index is 0.582. The van der Waals surface area contributed by atoms with Gasteiger partial charge in [0, 0.05) is 13.7 Å². The van der Waals surface area contributed by atoms with E-state index in [9.17, 15) is 0 Å². The number of hydrogen-bond donors (Lipinski definition) is 1. The molecular formula is C9H19NO3. The monoisotopic (exact) mass is 189 g/mol. The van der Waals surface area contributed by atoms with E-state index in [-0.39, 0.29) is 0 Å². The Morgan fingerprint density at radius 2 is 2.15 bits per heavy atom. The lowest BCUT2D eigenvalue weighted by Crippen LogP contribution is -2.46. The molecule has 1 heterocycles. The van der Waals surface area contributed by atoms with Gasteiger partial charge in [0.2, 0.25) is 0 Å². The first kappa shape index (κ1) is 10.9. The second-order valence-electron chi connectivity index (χ2n) is 3.15. The third-order valence-corrected chi connectivity index (χ3v) is 1.97. The lowest BCUT2D eigenvalue weighted by atomic mass is 10.2. The molecule has 0 aliphatic carbocycles. The van der Waals surface area contributed by atoms with Crippen molar-refractivity contribution in [1.82, 2.24) is 5.32 Å². The number of methoxy groups -OCH3 is 1. The molecule has 4 heteroatoms. The van der Waals surface area contributed by atoms with Crippen molar-refractivity contribution in [3.63, 3.8) is 0 Å². The van der Waals surface area contributed by atoms with Crippen LogP contribution in [0.1, 0.15) is 6.42 Å². The molecular weight excluding hydrogens is 170 g/mol. The summed E-state index contributed by atoms with van der Waals surface area (Å²) >= 11 is 0. The van der Waals surface area contributed by atoms with Crippen LogP contribution in [0.5, 0.6) is 0 Å². The Kier molecular flexibility index (Phi) is 6.10. The van der Waals surface area contributed by atoms with Crippen LogP contribution < -0.4 is 5.32 Å². The molecule has 0 aromatic carbocycles. The van der Waals surface area contributed by atoms with Crippen LogP contribution in [0.4, 0.5) is 0 Å². The number of ether oxygens (including phenoxy) is 3. The van der Waals surface area contributed by atoms with Crippen molar-refractivity contribution in [1.29, 1.82) is 0 Å². The summed E-state index contributed by atoms with van der Waals surface area (Å²) in [4.78, 5) is 0. The zero-order valence-corrected chi connectivity index (χ0v) is 8.25. The third-order valence-electron chi connectivity index (χ3n) is 1.97. The van der Waals surface area contributed by atoms with Crippen LogP contribution >= 0.6 is 0 Å². The summed E-state index contributed by atoms with van der Waals surface area (Å²) in [6.07, 6.45) is 1.06. The van der Waals surface area contributed by atoms with Gasteiger partial charge in [0.05, 0.1) is 32.5 Å². The zero-order valence-electron chi connectivity index (χ0n) is 8.25. The molecule has 13 heavy (non-hydrogen) atoms. The van der Waals surface area contributed by atoms with E-state index >= 15 is 0 Å². The van der Waals surface area contributed by atoms with Gasteiger partial charge < -0.3 is 19.5 Å².